The normalized spacial score (nSPS) is 12.1. The van der Waals surface area contributed by atoms with Crippen molar-refractivity contribution in [1.82, 2.24) is 10.2 Å². The minimum absolute atomic E-state index is 0.0197. The highest BCUT2D eigenvalue weighted by atomic mass is 35.5. The summed E-state index contributed by atoms with van der Waals surface area (Å²) in [4.78, 5) is 28.3. The topological polar surface area (TPSA) is 86.8 Å². The van der Waals surface area contributed by atoms with Crippen molar-refractivity contribution >= 4 is 62.3 Å². The third-order valence-corrected chi connectivity index (χ3v) is 9.00. The second-order valence-corrected chi connectivity index (χ2v) is 12.6. The minimum atomic E-state index is -4.20. The van der Waals surface area contributed by atoms with Gasteiger partial charge in [-0.3, -0.25) is 13.9 Å². The zero-order valence-corrected chi connectivity index (χ0v) is 25.8. The number of aryl methyl sites for hydroxylation is 2. The van der Waals surface area contributed by atoms with Crippen molar-refractivity contribution in [1.29, 1.82) is 0 Å². The van der Waals surface area contributed by atoms with E-state index in [2.05, 4.69) is 5.32 Å². The van der Waals surface area contributed by atoms with Crippen LogP contribution in [-0.2, 0) is 26.2 Å². The predicted molar refractivity (Wildman–Crippen MR) is 162 cm³/mol. The minimum Gasteiger partial charge on any atom is -0.354 e. The fourth-order valence-corrected chi connectivity index (χ4v) is 6.12. The monoisotopic (exact) mass is 623 g/mol. The molecule has 3 rings (SSSR count). The molecule has 0 heterocycles. The molecule has 0 aliphatic heterocycles. The summed E-state index contributed by atoms with van der Waals surface area (Å²) in [5.74, 6) is -0.965. The van der Waals surface area contributed by atoms with Crippen LogP contribution < -0.4 is 9.62 Å². The van der Waals surface area contributed by atoms with Gasteiger partial charge in [-0.05, 0) is 74.7 Å². The molecule has 0 bridgehead atoms. The number of anilines is 1. The summed E-state index contributed by atoms with van der Waals surface area (Å²) in [6.07, 6.45) is 0.714. The molecule has 1 N–H and O–H groups in total. The van der Waals surface area contributed by atoms with Gasteiger partial charge in [0.2, 0.25) is 11.8 Å². The van der Waals surface area contributed by atoms with Gasteiger partial charge in [-0.2, -0.15) is 0 Å². The first-order valence-electron chi connectivity index (χ1n) is 12.7. The van der Waals surface area contributed by atoms with Crippen LogP contribution in [0.4, 0.5) is 5.69 Å². The van der Waals surface area contributed by atoms with E-state index in [0.29, 0.717) is 39.2 Å². The summed E-state index contributed by atoms with van der Waals surface area (Å²) in [5, 5.41) is 3.86. The van der Waals surface area contributed by atoms with E-state index in [4.69, 9.17) is 34.8 Å². The van der Waals surface area contributed by atoms with Crippen LogP contribution in [-0.4, -0.2) is 44.3 Å². The Kier molecular flexibility index (Phi) is 10.9. The van der Waals surface area contributed by atoms with Crippen molar-refractivity contribution < 1.29 is 18.0 Å². The maximum absolute atomic E-state index is 14.0. The third kappa shape index (κ3) is 7.69. The molecule has 0 saturated heterocycles. The van der Waals surface area contributed by atoms with Crippen molar-refractivity contribution in [2.24, 2.45) is 0 Å². The van der Waals surface area contributed by atoms with Crippen LogP contribution in [0.2, 0.25) is 15.1 Å². The Morgan fingerprint density at radius 2 is 1.55 bits per heavy atom. The molecule has 0 aliphatic carbocycles. The molecule has 0 aliphatic rings. The van der Waals surface area contributed by atoms with Crippen molar-refractivity contribution in [2.75, 3.05) is 17.4 Å². The highest BCUT2D eigenvalue weighted by Crippen LogP contribution is 2.30. The van der Waals surface area contributed by atoms with Gasteiger partial charge in [0, 0.05) is 28.2 Å². The van der Waals surface area contributed by atoms with Gasteiger partial charge >= 0.3 is 0 Å². The maximum Gasteiger partial charge on any atom is 0.264 e. The largest absolute Gasteiger partial charge is 0.354 e. The van der Waals surface area contributed by atoms with Crippen LogP contribution in [0.5, 0.6) is 0 Å². The fraction of sp³-hybridized carbons (Fsp3) is 0.310. The Balaban J connectivity index is 2.08. The van der Waals surface area contributed by atoms with E-state index in [1.807, 2.05) is 13.8 Å². The summed E-state index contributed by atoms with van der Waals surface area (Å²) < 4.78 is 29.0. The van der Waals surface area contributed by atoms with E-state index in [-0.39, 0.29) is 23.0 Å². The second-order valence-electron chi connectivity index (χ2n) is 9.48. The molecule has 0 saturated carbocycles. The number of nitrogens with one attached hydrogen (secondary N) is 1. The highest BCUT2D eigenvalue weighted by molar-refractivity contribution is 7.92. The summed E-state index contributed by atoms with van der Waals surface area (Å²) in [7, 11) is -4.20. The molecule has 1 unspecified atom stereocenters. The number of carbonyl (C=O) groups is 2. The van der Waals surface area contributed by atoms with Crippen LogP contribution in [0.3, 0.4) is 0 Å². The van der Waals surface area contributed by atoms with Crippen LogP contribution in [0.15, 0.2) is 65.6 Å². The molecule has 0 radical (unpaired) electrons. The number of nitrogens with zero attached hydrogens (tertiary/aromatic N) is 2. The van der Waals surface area contributed by atoms with Gasteiger partial charge in [-0.25, -0.2) is 8.42 Å². The average molecular weight is 625 g/mol. The first-order valence-corrected chi connectivity index (χ1v) is 15.3. The number of sulfonamides is 1. The summed E-state index contributed by atoms with van der Waals surface area (Å²) in [6, 6.07) is 15.1. The predicted octanol–water partition coefficient (Wildman–Crippen LogP) is 6.40. The van der Waals surface area contributed by atoms with Crippen molar-refractivity contribution in [3.63, 3.8) is 0 Å². The second kappa shape index (κ2) is 13.7. The van der Waals surface area contributed by atoms with Gasteiger partial charge in [-0.1, -0.05) is 71.6 Å². The number of halogens is 3. The maximum atomic E-state index is 14.0. The molecule has 3 aromatic rings. The molecule has 11 heteroatoms. The van der Waals surface area contributed by atoms with E-state index < -0.39 is 28.5 Å². The quantitative estimate of drug-likeness (QED) is 0.267. The molecular weight excluding hydrogens is 593 g/mol. The van der Waals surface area contributed by atoms with E-state index in [1.165, 1.54) is 23.1 Å². The van der Waals surface area contributed by atoms with Crippen molar-refractivity contribution in [2.45, 2.75) is 51.6 Å². The smallest absolute Gasteiger partial charge is 0.264 e. The number of hydrogen-bond donors (Lipinski definition) is 1. The zero-order valence-electron chi connectivity index (χ0n) is 22.7. The molecule has 0 spiro atoms. The Morgan fingerprint density at radius 3 is 2.17 bits per heavy atom. The van der Waals surface area contributed by atoms with Gasteiger partial charge in [0.1, 0.15) is 12.6 Å². The number of rotatable bonds is 11. The van der Waals surface area contributed by atoms with Gasteiger partial charge in [0.25, 0.3) is 10.0 Å². The van der Waals surface area contributed by atoms with Crippen LogP contribution in [0, 0.1) is 13.8 Å². The molecule has 2 amide bonds. The van der Waals surface area contributed by atoms with Crippen LogP contribution >= 0.6 is 34.8 Å². The summed E-state index contributed by atoms with van der Waals surface area (Å²) in [5.41, 5.74) is 2.31. The molecule has 7 nitrogen and oxygen atoms in total. The van der Waals surface area contributed by atoms with Gasteiger partial charge in [-0.15, -0.1) is 0 Å². The standard InChI is InChI=1S/C29H32Cl3N3O4S/c1-5-14-33-29(37)21(4)34(17-22-9-11-23(30)15-26(22)32)28(36)18-35(27-16-24(31)10-8-20(27)3)40(38,39)25-12-6-19(2)7-13-25/h6-13,15-16,21H,5,14,17-18H2,1-4H3,(H,33,37). The van der Waals surface area contributed by atoms with Gasteiger partial charge < -0.3 is 10.2 Å². The first-order chi connectivity index (χ1) is 18.8. The summed E-state index contributed by atoms with van der Waals surface area (Å²) in [6.45, 7) is 6.92. The molecule has 0 aromatic heterocycles. The molecular formula is C29H32Cl3N3O4S. The van der Waals surface area contributed by atoms with E-state index in [1.54, 1.807) is 56.3 Å². The first kappa shape index (κ1) is 31.7. The van der Waals surface area contributed by atoms with E-state index in [0.717, 1.165) is 9.87 Å². The fourth-order valence-electron chi connectivity index (χ4n) is 4.01. The zero-order chi connectivity index (χ0) is 29.6. The Morgan fingerprint density at radius 1 is 0.925 bits per heavy atom. The van der Waals surface area contributed by atoms with Crippen molar-refractivity contribution in [3.05, 3.63) is 92.4 Å². The number of amides is 2. The van der Waals surface area contributed by atoms with Gasteiger partial charge in [0.05, 0.1) is 10.6 Å². The number of benzene rings is 3. The van der Waals surface area contributed by atoms with E-state index >= 15 is 0 Å². The lowest BCUT2D eigenvalue weighted by atomic mass is 10.1. The van der Waals surface area contributed by atoms with E-state index in [9.17, 15) is 18.0 Å². The Labute approximate surface area is 251 Å². The lowest BCUT2D eigenvalue weighted by Gasteiger charge is -2.32. The SMILES string of the molecule is CCCNC(=O)C(C)N(Cc1ccc(Cl)cc1Cl)C(=O)CN(c1cc(Cl)ccc1C)S(=O)(=O)c1ccc(C)cc1. The van der Waals surface area contributed by atoms with Crippen LogP contribution in [0.1, 0.15) is 37.0 Å². The Hall–Kier alpha value is -2.78. The van der Waals surface area contributed by atoms with Crippen LogP contribution in [0.25, 0.3) is 0 Å². The Bertz CT molecular complexity index is 1480. The average Bonchev–Trinajstić information content (AvgIpc) is 2.91. The molecule has 0 fully saturated rings. The highest BCUT2D eigenvalue weighted by Gasteiger charge is 2.33. The number of hydrogen-bond acceptors (Lipinski definition) is 4. The lowest BCUT2D eigenvalue weighted by Crippen LogP contribution is -2.51. The molecule has 1 atom stereocenters. The van der Waals surface area contributed by atoms with Crippen molar-refractivity contribution in [3.8, 4) is 0 Å². The molecule has 3 aromatic carbocycles. The number of carbonyl (C=O) groups excluding carboxylic acids is 2. The molecule has 214 valence electrons. The third-order valence-electron chi connectivity index (χ3n) is 6.40. The summed E-state index contributed by atoms with van der Waals surface area (Å²) >= 11 is 18.7. The van der Waals surface area contributed by atoms with Gasteiger partial charge in [0.15, 0.2) is 0 Å². The lowest BCUT2D eigenvalue weighted by molar-refractivity contribution is -0.139. The molecule has 40 heavy (non-hydrogen) atoms.